The van der Waals surface area contributed by atoms with Gasteiger partial charge in [-0.1, -0.05) is 41.1 Å². The van der Waals surface area contributed by atoms with Crippen LogP contribution in [0.15, 0.2) is 58.6 Å². The second-order valence-corrected chi connectivity index (χ2v) is 7.01. The van der Waals surface area contributed by atoms with Crippen molar-refractivity contribution in [3.8, 4) is 22.9 Å². The molecule has 144 valence electrons. The van der Waals surface area contributed by atoms with Crippen molar-refractivity contribution in [2.75, 3.05) is 14.2 Å². The fraction of sp³-hybridized carbons (Fsp3) is 0.304. The third-order valence-corrected chi connectivity index (χ3v) is 5.31. The van der Waals surface area contributed by atoms with Crippen LogP contribution in [0.2, 0.25) is 0 Å². The first-order valence-electron chi connectivity index (χ1n) is 9.57. The van der Waals surface area contributed by atoms with Gasteiger partial charge >= 0.3 is 0 Å². The highest BCUT2D eigenvalue weighted by Gasteiger charge is 2.19. The fourth-order valence-corrected chi connectivity index (χ4v) is 3.75. The first-order valence-corrected chi connectivity index (χ1v) is 9.57. The Bertz CT molecular complexity index is 953. The highest BCUT2D eigenvalue weighted by molar-refractivity contribution is 5.61. The van der Waals surface area contributed by atoms with E-state index in [1.807, 2.05) is 24.3 Å². The maximum atomic E-state index is 5.45. The molecule has 4 rings (SSSR count). The number of allylic oxidation sites excluding steroid dienone is 1. The molecule has 1 fully saturated rings. The van der Waals surface area contributed by atoms with Gasteiger partial charge in [0.2, 0.25) is 5.82 Å². The van der Waals surface area contributed by atoms with Gasteiger partial charge in [-0.15, -0.1) is 0 Å². The topological polar surface area (TPSA) is 57.4 Å². The summed E-state index contributed by atoms with van der Waals surface area (Å²) in [6.07, 6.45) is 6.48. The Morgan fingerprint density at radius 3 is 2.43 bits per heavy atom. The van der Waals surface area contributed by atoms with E-state index in [-0.39, 0.29) is 0 Å². The summed E-state index contributed by atoms with van der Waals surface area (Å²) in [4.78, 5) is 4.53. The molecule has 0 radical (unpaired) electrons. The molecule has 0 aliphatic heterocycles. The molecular weight excluding hydrogens is 352 g/mol. The van der Waals surface area contributed by atoms with Gasteiger partial charge in [-0.05, 0) is 55.4 Å². The zero-order valence-corrected chi connectivity index (χ0v) is 16.2. The van der Waals surface area contributed by atoms with Crippen molar-refractivity contribution in [1.82, 2.24) is 10.1 Å². The number of ether oxygens (including phenoxy) is 2. The predicted molar refractivity (Wildman–Crippen MR) is 108 cm³/mol. The van der Waals surface area contributed by atoms with E-state index in [9.17, 15) is 0 Å². The monoisotopic (exact) mass is 376 g/mol. The van der Waals surface area contributed by atoms with Crippen molar-refractivity contribution in [3.63, 3.8) is 0 Å². The molecule has 0 atom stereocenters. The van der Waals surface area contributed by atoms with E-state index in [1.54, 1.807) is 14.2 Å². The average molecular weight is 376 g/mol. The Kier molecular flexibility index (Phi) is 5.42. The molecule has 3 aromatic rings. The van der Waals surface area contributed by atoms with Gasteiger partial charge in [0.25, 0.3) is 5.89 Å². The van der Waals surface area contributed by atoms with Crippen LogP contribution >= 0.6 is 0 Å². The Hall–Kier alpha value is -3.08. The number of hydrogen-bond acceptors (Lipinski definition) is 5. The van der Waals surface area contributed by atoms with Gasteiger partial charge in [0, 0.05) is 11.6 Å². The molecule has 1 aliphatic rings. The second-order valence-electron chi connectivity index (χ2n) is 7.01. The van der Waals surface area contributed by atoms with E-state index in [0.29, 0.717) is 29.1 Å². The third kappa shape index (κ3) is 3.93. The largest absolute Gasteiger partial charge is 0.493 e. The first-order chi connectivity index (χ1) is 13.8. The molecule has 1 saturated carbocycles. The lowest BCUT2D eigenvalue weighted by atomic mass is 9.81. The van der Waals surface area contributed by atoms with Crippen molar-refractivity contribution < 1.29 is 14.0 Å². The van der Waals surface area contributed by atoms with E-state index in [2.05, 4.69) is 40.5 Å². The molecule has 5 heteroatoms. The molecule has 2 aromatic carbocycles. The Morgan fingerprint density at radius 2 is 1.71 bits per heavy atom. The maximum Gasteiger partial charge on any atom is 0.250 e. The van der Waals surface area contributed by atoms with E-state index in [1.165, 1.54) is 11.1 Å². The summed E-state index contributed by atoms with van der Waals surface area (Å²) < 4.78 is 16.1. The van der Waals surface area contributed by atoms with Crippen LogP contribution in [0.3, 0.4) is 0 Å². The minimum Gasteiger partial charge on any atom is -0.493 e. The molecule has 0 spiro atoms. The number of methoxy groups -OCH3 is 2. The summed E-state index contributed by atoms with van der Waals surface area (Å²) in [6, 6.07) is 16.4. The van der Waals surface area contributed by atoms with E-state index in [0.717, 1.165) is 31.2 Å². The van der Waals surface area contributed by atoms with E-state index in [4.69, 9.17) is 14.0 Å². The quantitative estimate of drug-likeness (QED) is 0.589. The number of aromatic nitrogens is 2. The van der Waals surface area contributed by atoms with Crippen molar-refractivity contribution >= 4 is 6.08 Å². The summed E-state index contributed by atoms with van der Waals surface area (Å²) in [6.45, 7) is 0. The molecule has 0 amide bonds. The zero-order chi connectivity index (χ0) is 19.3. The first kappa shape index (κ1) is 18.3. The smallest absolute Gasteiger partial charge is 0.250 e. The lowest BCUT2D eigenvalue weighted by Gasteiger charge is -2.24. The summed E-state index contributed by atoms with van der Waals surface area (Å²) in [5, 5.41) is 4.12. The minimum absolute atomic E-state index is 0.547. The molecule has 0 bridgehead atoms. The number of nitrogens with zero attached hydrogens (tertiary/aromatic N) is 2. The molecule has 5 nitrogen and oxygen atoms in total. The van der Waals surface area contributed by atoms with Crippen LogP contribution in [-0.4, -0.2) is 24.4 Å². The molecule has 28 heavy (non-hydrogen) atoms. The minimum atomic E-state index is 0.547. The van der Waals surface area contributed by atoms with Gasteiger partial charge in [0.15, 0.2) is 11.5 Å². The highest BCUT2D eigenvalue weighted by Crippen LogP contribution is 2.36. The molecule has 1 aliphatic carbocycles. The van der Waals surface area contributed by atoms with Crippen molar-refractivity contribution in [2.45, 2.75) is 31.6 Å². The SMILES string of the molecule is COc1ccc(-c2noc(C=C3CCC(c4ccccc4)CC3)n2)cc1OC. The standard InChI is InChI=1S/C23H24N2O3/c1-26-20-13-12-19(15-21(20)27-2)23-24-22(28-25-23)14-16-8-10-18(11-9-16)17-6-4-3-5-7-17/h3-7,12-15,18H,8-11H2,1-2H3. The van der Waals surface area contributed by atoms with Crippen LogP contribution in [0.25, 0.3) is 17.5 Å². The van der Waals surface area contributed by atoms with Gasteiger partial charge in [-0.3, -0.25) is 0 Å². The van der Waals surface area contributed by atoms with Crippen LogP contribution in [0.5, 0.6) is 11.5 Å². The van der Waals surface area contributed by atoms with E-state index < -0.39 is 0 Å². The van der Waals surface area contributed by atoms with Gasteiger partial charge in [-0.25, -0.2) is 0 Å². The summed E-state index contributed by atoms with van der Waals surface area (Å²) in [5.74, 6) is 3.06. The van der Waals surface area contributed by atoms with Crippen molar-refractivity contribution in [1.29, 1.82) is 0 Å². The number of hydrogen-bond donors (Lipinski definition) is 0. The predicted octanol–water partition coefficient (Wildman–Crippen LogP) is 5.50. The van der Waals surface area contributed by atoms with Crippen LogP contribution in [-0.2, 0) is 0 Å². The fourth-order valence-electron chi connectivity index (χ4n) is 3.75. The van der Waals surface area contributed by atoms with Crippen LogP contribution < -0.4 is 9.47 Å². The summed E-state index contributed by atoms with van der Waals surface area (Å²) >= 11 is 0. The normalized spacial score (nSPS) is 16.6. The van der Waals surface area contributed by atoms with Gasteiger partial charge in [-0.2, -0.15) is 4.98 Å². The molecule has 0 unspecified atom stereocenters. The van der Waals surface area contributed by atoms with Gasteiger partial charge < -0.3 is 14.0 Å². The van der Waals surface area contributed by atoms with Gasteiger partial charge in [0.1, 0.15) is 0 Å². The third-order valence-electron chi connectivity index (χ3n) is 5.31. The average Bonchev–Trinajstić information content (AvgIpc) is 3.23. The Labute approximate surface area is 165 Å². The Balaban J connectivity index is 1.45. The number of benzene rings is 2. The van der Waals surface area contributed by atoms with Gasteiger partial charge in [0.05, 0.1) is 14.2 Å². The van der Waals surface area contributed by atoms with Crippen LogP contribution in [0.4, 0.5) is 0 Å². The Morgan fingerprint density at radius 1 is 0.964 bits per heavy atom. The highest BCUT2D eigenvalue weighted by atomic mass is 16.5. The summed E-state index contributed by atoms with van der Waals surface area (Å²) in [7, 11) is 3.22. The van der Waals surface area contributed by atoms with E-state index >= 15 is 0 Å². The van der Waals surface area contributed by atoms with Crippen molar-refractivity contribution in [3.05, 3.63) is 65.6 Å². The molecule has 0 saturated heterocycles. The van der Waals surface area contributed by atoms with Crippen molar-refractivity contribution in [2.24, 2.45) is 0 Å². The lowest BCUT2D eigenvalue weighted by molar-refractivity contribution is 0.355. The zero-order valence-electron chi connectivity index (χ0n) is 16.2. The molecule has 1 heterocycles. The lowest BCUT2D eigenvalue weighted by Crippen LogP contribution is -2.06. The summed E-state index contributed by atoms with van der Waals surface area (Å²) in [5.41, 5.74) is 3.64. The van der Waals surface area contributed by atoms with Crippen LogP contribution in [0.1, 0.15) is 43.1 Å². The molecular formula is C23H24N2O3. The molecule has 1 aromatic heterocycles. The second kappa shape index (κ2) is 8.30. The number of rotatable bonds is 5. The van der Waals surface area contributed by atoms with Crippen LogP contribution in [0, 0.1) is 0 Å². The molecule has 0 N–H and O–H groups in total. The maximum absolute atomic E-state index is 5.45.